The number of thioether (sulfide) groups is 1. The van der Waals surface area contributed by atoms with E-state index in [4.69, 9.17) is 0 Å². The molecule has 0 bridgehead atoms. The molecule has 1 aliphatic rings. The van der Waals surface area contributed by atoms with Crippen LogP contribution in [0.25, 0.3) is 0 Å². The largest absolute Gasteiger partial charge is 0.398 e. The molecule has 1 atom stereocenters. The number of hydrogen-bond acceptors (Lipinski definition) is 3. The van der Waals surface area contributed by atoms with Gasteiger partial charge in [0.2, 0.25) is 5.91 Å². The zero-order chi connectivity index (χ0) is 14.6. The van der Waals surface area contributed by atoms with Crippen molar-refractivity contribution in [3.05, 3.63) is 24.3 Å². The molecular formula is C13H15F3N2OS. The van der Waals surface area contributed by atoms with Gasteiger partial charge in [-0.05, 0) is 31.5 Å². The number of hydrogen-bond donors (Lipinski definition) is 2. The van der Waals surface area contributed by atoms with Crippen molar-refractivity contribution in [3.8, 4) is 0 Å². The Kier molecular flexibility index (Phi) is 4.93. The van der Waals surface area contributed by atoms with E-state index in [1.165, 1.54) is 0 Å². The van der Waals surface area contributed by atoms with E-state index in [9.17, 15) is 18.0 Å². The molecule has 0 spiro atoms. The predicted octanol–water partition coefficient (Wildman–Crippen LogP) is 3.03. The summed E-state index contributed by atoms with van der Waals surface area (Å²) in [7, 11) is 0. The Morgan fingerprint density at radius 1 is 1.40 bits per heavy atom. The van der Waals surface area contributed by atoms with Crippen LogP contribution in [-0.2, 0) is 4.79 Å². The lowest BCUT2D eigenvalue weighted by molar-refractivity contribution is -0.117. The summed E-state index contributed by atoms with van der Waals surface area (Å²) in [5, 5.41) is 5.75. The Balaban J connectivity index is 2.01. The van der Waals surface area contributed by atoms with Crippen molar-refractivity contribution in [2.75, 3.05) is 17.6 Å². The number of anilines is 1. The molecule has 1 saturated heterocycles. The van der Waals surface area contributed by atoms with Gasteiger partial charge in [0.05, 0.1) is 17.5 Å². The quantitative estimate of drug-likeness (QED) is 0.840. The number of carbonyl (C=O) groups is 1. The third-order valence-corrected chi connectivity index (χ3v) is 4.05. The molecule has 3 nitrogen and oxygen atoms in total. The van der Waals surface area contributed by atoms with E-state index in [1.54, 1.807) is 24.3 Å². The number of benzene rings is 1. The second-order valence-electron chi connectivity index (χ2n) is 4.54. The molecular weight excluding hydrogens is 289 g/mol. The van der Waals surface area contributed by atoms with Gasteiger partial charge in [-0.3, -0.25) is 4.79 Å². The standard InChI is InChI=1S/C13H15F3N2OS/c14-13(15,16)8-20-11-6-2-1-4-9(11)18-12(19)10-5-3-7-17-10/h1-2,4,6,10,17H,3,5,7-8H2,(H,18,19)/t10-/m0/s1. The second kappa shape index (κ2) is 6.49. The monoisotopic (exact) mass is 304 g/mol. The SMILES string of the molecule is O=C(Nc1ccccc1SCC(F)(F)F)[C@@H]1CCCN1. The maximum absolute atomic E-state index is 12.3. The third kappa shape index (κ3) is 4.42. The van der Waals surface area contributed by atoms with Gasteiger partial charge in [0.25, 0.3) is 0 Å². The lowest BCUT2D eigenvalue weighted by Gasteiger charge is -2.14. The summed E-state index contributed by atoms with van der Waals surface area (Å²) in [6.45, 7) is 0.794. The highest BCUT2D eigenvalue weighted by atomic mass is 32.2. The summed E-state index contributed by atoms with van der Waals surface area (Å²) < 4.78 is 36.8. The maximum Gasteiger partial charge on any atom is 0.398 e. The van der Waals surface area contributed by atoms with Gasteiger partial charge in [-0.15, -0.1) is 11.8 Å². The van der Waals surface area contributed by atoms with Crippen molar-refractivity contribution in [2.24, 2.45) is 0 Å². The van der Waals surface area contributed by atoms with E-state index in [2.05, 4.69) is 10.6 Å². The number of rotatable bonds is 4. The zero-order valence-electron chi connectivity index (χ0n) is 10.7. The number of halogens is 3. The Hall–Kier alpha value is -1.21. The molecule has 0 saturated carbocycles. The molecule has 2 rings (SSSR count). The normalized spacial score (nSPS) is 19.1. The lowest BCUT2D eigenvalue weighted by Crippen LogP contribution is -2.35. The summed E-state index contributed by atoms with van der Waals surface area (Å²) in [6, 6.07) is 6.28. The van der Waals surface area contributed by atoms with E-state index in [0.717, 1.165) is 19.4 Å². The van der Waals surface area contributed by atoms with Crippen LogP contribution in [0, 0.1) is 0 Å². The Morgan fingerprint density at radius 2 is 2.15 bits per heavy atom. The molecule has 0 radical (unpaired) electrons. The first-order valence-corrected chi connectivity index (χ1v) is 7.27. The lowest BCUT2D eigenvalue weighted by atomic mass is 10.2. The number of alkyl halides is 3. The van der Waals surface area contributed by atoms with Crippen molar-refractivity contribution < 1.29 is 18.0 Å². The molecule has 0 aliphatic carbocycles. The van der Waals surface area contributed by atoms with Crippen LogP contribution in [-0.4, -0.2) is 30.4 Å². The summed E-state index contributed by atoms with van der Waals surface area (Å²) in [5.41, 5.74) is 0.431. The molecule has 1 aromatic carbocycles. The van der Waals surface area contributed by atoms with Crippen molar-refractivity contribution in [1.82, 2.24) is 5.32 Å². The van der Waals surface area contributed by atoms with E-state index in [0.29, 0.717) is 22.3 Å². The van der Waals surface area contributed by atoms with Crippen LogP contribution in [0.2, 0.25) is 0 Å². The van der Waals surface area contributed by atoms with Gasteiger partial charge in [-0.2, -0.15) is 13.2 Å². The van der Waals surface area contributed by atoms with Crippen molar-refractivity contribution >= 4 is 23.4 Å². The van der Waals surface area contributed by atoms with Gasteiger partial charge in [0.1, 0.15) is 0 Å². The Morgan fingerprint density at radius 3 is 2.80 bits per heavy atom. The molecule has 2 N–H and O–H groups in total. The fraction of sp³-hybridized carbons (Fsp3) is 0.462. The minimum absolute atomic E-state index is 0.192. The van der Waals surface area contributed by atoms with Gasteiger partial charge in [0.15, 0.2) is 0 Å². The highest BCUT2D eigenvalue weighted by Gasteiger charge is 2.28. The molecule has 1 fully saturated rings. The Bertz CT molecular complexity index is 473. The number of carbonyl (C=O) groups excluding carboxylic acids is 1. The zero-order valence-corrected chi connectivity index (χ0v) is 11.5. The van der Waals surface area contributed by atoms with Gasteiger partial charge in [0, 0.05) is 4.90 Å². The molecule has 1 heterocycles. The van der Waals surface area contributed by atoms with E-state index in [1.807, 2.05) is 0 Å². The first-order chi connectivity index (χ1) is 9.46. The highest BCUT2D eigenvalue weighted by molar-refractivity contribution is 7.99. The summed E-state index contributed by atoms with van der Waals surface area (Å²) in [6.07, 6.45) is -2.54. The van der Waals surface area contributed by atoms with E-state index < -0.39 is 11.9 Å². The predicted molar refractivity (Wildman–Crippen MR) is 72.9 cm³/mol. The van der Waals surface area contributed by atoms with Gasteiger partial charge < -0.3 is 10.6 Å². The van der Waals surface area contributed by atoms with Crippen LogP contribution in [0.5, 0.6) is 0 Å². The van der Waals surface area contributed by atoms with Crippen LogP contribution in [0.15, 0.2) is 29.2 Å². The average Bonchev–Trinajstić information content (AvgIpc) is 2.90. The number of amides is 1. The van der Waals surface area contributed by atoms with Crippen LogP contribution in [0.3, 0.4) is 0 Å². The molecule has 20 heavy (non-hydrogen) atoms. The van der Waals surface area contributed by atoms with Crippen LogP contribution in [0.1, 0.15) is 12.8 Å². The average molecular weight is 304 g/mol. The van der Waals surface area contributed by atoms with Crippen LogP contribution in [0.4, 0.5) is 18.9 Å². The molecule has 1 amide bonds. The second-order valence-corrected chi connectivity index (χ2v) is 5.56. The first-order valence-electron chi connectivity index (χ1n) is 6.28. The van der Waals surface area contributed by atoms with E-state index in [-0.39, 0.29) is 11.9 Å². The summed E-state index contributed by atoms with van der Waals surface area (Å²) in [5.74, 6) is -1.16. The molecule has 110 valence electrons. The topological polar surface area (TPSA) is 41.1 Å². The molecule has 1 aromatic rings. The van der Waals surface area contributed by atoms with Crippen LogP contribution < -0.4 is 10.6 Å². The minimum Gasteiger partial charge on any atom is -0.324 e. The molecule has 7 heteroatoms. The highest BCUT2D eigenvalue weighted by Crippen LogP contribution is 2.32. The summed E-state index contributed by atoms with van der Waals surface area (Å²) >= 11 is 0.678. The number of nitrogens with one attached hydrogen (secondary N) is 2. The Labute approximate surface area is 119 Å². The molecule has 1 aliphatic heterocycles. The van der Waals surface area contributed by atoms with Crippen molar-refractivity contribution in [2.45, 2.75) is 30.0 Å². The first kappa shape index (κ1) is 15.2. The maximum atomic E-state index is 12.3. The third-order valence-electron chi connectivity index (χ3n) is 2.91. The fourth-order valence-corrected chi connectivity index (χ4v) is 2.75. The van der Waals surface area contributed by atoms with E-state index >= 15 is 0 Å². The minimum atomic E-state index is -4.23. The number of para-hydroxylation sites is 1. The molecule has 0 unspecified atom stereocenters. The van der Waals surface area contributed by atoms with Crippen LogP contribution >= 0.6 is 11.8 Å². The van der Waals surface area contributed by atoms with Gasteiger partial charge in [-0.25, -0.2) is 0 Å². The van der Waals surface area contributed by atoms with Crippen molar-refractivity contribution in [3.63, 3.8) is 0 Å². The summed E-state index contributed by atoms with van der Waals surface area (Å²) in [4.78, 5) is 12.4. The fourth-order valence-electron chi connectivity index (χ4n) is 1.98. The smallest absolute Gasteiger partial charge is 0.324 e. The van der Waals surface area contributed by atoms with Gasteiger partial charge >= 0.3 is 6.18 Å². The van der Waals surface area contributed by atoms with Crippen molar-refractivity contribution in [1.29, 1.82) is 0 Å². The molecule has 0 aromatic heterocycles. The van der Waals surface area contributed by atoms with Gasteiger partial charge in [-0.1, -0.05) is 12.1 Å².